The largest absolute Gasteiger partial charge is 0.228 e. The fraction of sp³-hybridized carbons (Fsp3) is 0.0333. The van der Waals surface area contributed by atoms with Gasteiger partial charge in [-0.3, -0.25) is 0 Å². The number of hydrogen-bond acceptors (Lipinski definition) is 4. The molecule has 18 aromatic carbocycles. The van der Waals surface area contributed by atoms with Crippen molar-refractivity contribution in [2.24, 2.45) is 0 Å². The van der Waals surface area contributed by atoms with Crippen molar-refractivity contribution in [2.45, 2.75) is 25.7 Å². The summed E-state index contributed by atoms with van der Waals surface area (Å²) in [5.41, 5.74) is 43.1. The predicted octanol–water partition coefficient (Wildman–Crippen LogP) is 30.9. The molecule has 0 N–H and O–H groups in total. The molecule has 0 fully saturated rings. The van der Waals surface area contributed by atoms with Crippen LogP contribution < -0.4 is 0 Å². The highest BCUT2D eigenvalue weighted by molar-refractivity contribution is 6.04. The second-order valence-electron chi connectivity index (χ2n) is 32.0. The van der Waals surface area contributed by atoms with E-state index in [0.717, 1.165) is 78.4 Å². The highest BCUT2D eigenvalue weighted by atomic mass is 14.9. The Morgan fingerprint density at radius 1 is 0.129 bits per heavy atom. The van der Waals surface area contributed by atoms with Gasteiger partial charge >= 0.3 is 0 Å². The molecular weight excluding hydrogens is 1500 g/mol. The van der Waals surface area contributed by atoms with Gasteiger partial charge in [-0.15, -0.1) is 0 Å². The van der Waals surface area contributed by atoms with Crippen molar-refractivity contribution in [3.63, 3.8) is 0 Å². The minimum absolute atomic E-state index is 0. The van der Waals surface area contributed by atoms with Gasteiger partial charge in [0.2, 0.25) is 0 Å². The summed E-state index contributed by atoms with van der Waals surface area (Å²) in [4.78, 5) is 21.7. The fourth-order valence-electron chi connectivity index (χ4n) is 20.3. The van der Waals surface area contributed by atoms with Crippen molar-refractivity contribution >= 4 is 0 Å². The lowest BCUT2D eigenvalue weighted by molar-refractivity contribution is 0.775. The van der Waals surface area contributed by atoms with Gasteiger partial charge in [0.05, 0.1) is 33.6 Å². The Morgan fingerprint density at radius 3 is 0.677 bits per heavy atom. The molecule has 24 rings (SSSR count). The maximum Gasteiger partial charge on any atom is 0.160 e. The molecular formula is C120H84N4. The molecule has 0 saturated heterocycles. The van der Waals surface area contributed by atoms with E-state index in [0.29, 0.717) is 11.6 Å². The Labute approximate surface area is 725 Å². The number of benzene rings is 18. The maximum atomic E-state index is 5.52. The molecule has 0 amide bonds. The number of fused-ring (bicyclic) bond motifs is 24. The lowest BCUT2D eigenvalue weighted by atomic mass is 9.66. The van der Waals surface area contributed by atoms with Crippen molar-refractivity contribution in [3.8, 4) is 179 Å². The monoisotopic (exact) mass is 1580 g/mol. The Hall–Kier alpha value is -15.9. The van der Waals surface area contributed by atoms with Crippen LogP contribution in [0.3, 0.4) is 0 Å². The minimum Gasteiger partial charge on any atom is -0.228 e. The number of hydrogen-bond donors (Lipinski definition) is 0. The van der Waals surface area contributed by atoms with Gasteiger partial charge in [-0.05, 0) is 168 Å². The zero-order chi connectivity index (χ0) is 80.7. The number of nitrogens with zero attached hydrogens (tertiary/aromatic N) is 4. The third-order valence-corrected chi connectivity index (χ3v) is 25.6. The average molecular weight is 1580 g/mol. The molecule has 0 saturated carbocycles. The van der Waals surface area contributed by atoms with E-state index in [1.165, 1.54) is 134 Å². The first-order valence-corrected chi connectivity index (χ1v) is 42.0. The summed E-state index contributed by atoms with van der Waals surface area (Å²) in [5.74, 6) is 1.38. The van der Waals surface area contributed by atoms with E-state index in [4.69, 9.17) is 19.9 Å². The number of aromatic nitrogens is 4. The molecule has 4 aliphatic carbocycles. The molecule has 124 heavy (non-hydrogen) atoms. The summed E-state index contributed by atoms with van der Waals surface area (Å²) >= 11 is 0. The van der Waals surface area contributed by atoms with Crippen LogP contribution in [0.1, 0.15) is 59.4 Å². The zero-order valence-electron chi connectivity index (χ0n) is 66.7. The van der Waals surface area contributed by atoms with Crippen LogP contribution >= 0.6 is 0 Å². The molecule has 20 aromatic rings. The van der Waals surface area contributed by atoms with Crippen molar-refractivity contribution in [2.75, 3.05) is 0 Å². The van der Waals surface area contributed by atoms with Crippen LogP contribution in [0.4, 0.5) is 0 Å². The van der Waals surface area contributed by atoms with Crippen molar-refractivity contribution in [1.82, 2.24) is 19.9 Å². The summed E-state index contributed by atoms with van der Waals surface area (Å²) in [6.07, 6.45) is 0. The fourth-order valence-corrected chi connectivity index (χ4v) is 20.3. The van der Waals surface area contributed by atoms with Crippen molar-refractivity contribution in [1.29, 1.82) is 0 Å². The van der Waals surface area contributed by atoms with Gasteiger partial charge in [-0.1, -0.05) is 464 Å². The number of rotatable bonds is 10. The smallest absolute Gasteiger partial charge is 0.160 e. The van der Waals surface area contributed by atoms with Crippen LogP contribution in [-0.4, -0.2) is 19.9 Å². The van der Waals surface area contributed by atoms with Crippen LogP contribution in [-0.2, 0) is 10.8 Å². The first-order valence-electron chi connectivity index (χ1n) is 42.0. The van der Waals surface area contributed by atoms with E-state index in [-0.39, 0.29) is 14.9 Å². The Balaban J connectivity index is 0.000000150. The Bertz CT molecular complexity index is 7230. The Morgan fingerprint density at radius 2 is 0.339 bits per heavy atom. The summed E-state index contributed by atoms with van der Waals surface area (Å²) in [5, 5.41) is 0. The van der Waals surface area contributed by atoms with E-state index < -0.39 is 10.8 Å². The highest BCUT2D eigenvalue weighted by Crippen LogP contribution is 2.65. The molecule has 0 radical (unpaired) electrons. The molecule has 2 heterocycles. The molecule has 0 unspecified atom stereocenters. The van der Waals surface area contributed by atoms with Crippen molar-refractivity contribution < 1.29 is 0 Å². The van der Waals surface area contributed by atoms with Crippen molar-refractivity contribution in [3.05, 3.63) is 506 Å². The highest BCUT2D eigenvalue weighted by Gasteiger charge is 2.52. The molecule has 0 aliphatic heterocycles. The van der Waals surface area contributed by atoms with E-state index >= 15 is 0 Å². The van der Waals surface area contributed by atoms with Gasteiger partial charge in [-0.25, -0.2) is 19.9 Å². The van der Waals surface area contributed by atoms with Crippen LogP contribution in [0, 0.1) is 0 Å². The van der Waals surface area contributed by atoms with E-state index in [2.05, 4.69) is 461 Å². The second kappa shape index (κ2) is 31.4. The van der Waals surface area contributed by atoms with Crippen LogP contribution in [0.15, 0.2) is 461 Å². The predicted molar refractivity (Wildman–Crippen MR) is 515 cm³/mol. The minimum atomic E-state index is -0.583. The van der Waals surface area contributed by atoms with Gasteiger partial charge in [0.25, 0.3) is 0 Å². The van der Waals surface area contributed by atoms with Gasteiger partial charge in [0, 0.05) is 33.4 Å². The maximum absolute atomic E-state index is 5.52. The molecule has 584 valence electrons. The first kappa shape index (κ1) is 75.6. The van der Waals surface area contributed by atoms with E-state index in [1.54, 1.807) is 0 Å². The summed E-state index contributed by atoms with van der Waals surface area (Å²) in [6.45, 7) is 0. The average Bonchev–Trinajstić information content (AvgIpc) is 1.52. The molecule has 0 atom stereocenters. The normalized spacial score (nSPS) is 12.5. The standard InChI is InChI=1S/2C59H38N2.2CH4/c1-3-18-39(19-4-1)40-34-36-42(37-35-40)58-60-55(48-27-10-7-22-43(48)41-20-5-2-6-21-41)38-56(61-58)50-29-17-33-54-57(50)49-28-13-16-32-53(49)59(54)51-30-14-11-25-46(51)44-23-8-9-24-45(44)47-26-12-15-31-52(47)59;1-3-16-39(17-4-1)41-30-34-43(35-31-41)55-38-56(61-58(60-55)44-36-32-42(33-37-44)40-18-5-2-6-19-40)50-25-15-29-54-57(50)49-24-11-14-28-53(49)59(54)51-26-12-9-22-47(51)45-20-7-8-21-46(45)48-23-10-13-27-52(48)59;;/h2*1-38H;2*1H4. The topological polar surface area (TPSA) is 51.6 Å². The molecule has 4 heteroatoms. The molecule has 0 bridgehead atoms. The van der Waals surface area contributed by atoms with Gasteiger partial charge in [0.15, 0.2) is 11.6 Å². The van der Waals surface area contributed by atoms with Gasteiger partial charge in [-0.2, -0.15) is 0 Å². The summed E-state index contributed by atoms with van der Waals surface area (Å²) in [6, 6.07) is 167. The van der Waals surface area contributed by atoms with E-state index in [9.17, 15) is 0 Å². The first-order chi connectivity index (χ1) is 60.5. The van der Waals surface area contributed by atoms with Gasteiger partial charge in [0.1, 0.15) is 0 Å². The SMILES string of the molecule is C.C.c1ccc(-c2ccc(-c3cc(-c4cccc5c4-c4ccccc4C54c5ccccc5-c5ccccc5-c5ccccc54)nc(-c4ccc(-c5ccccc5)cc4)n3)cc2)cc1.c1ccc(-c2ccc(-c3nc(-c4ccccc4-c4ccccc4)cc(-c4cccc5c4-c4ccccc4C54c5ccccc5-c5ccccc5-c5ccccc54)n3)cc2)cc1. The summed E-state index contributed by atoms with van der Waals surface area (Å²) in [7, 11) is 0. The van der Waals surface area contributed by atoms with E-state index in [1.807, 2.05) is 0 Å². The Kier molecular flexibility index (Phi) is 19.1. The molecule has 2 aromatic heterocycles. The third kappa shape index (κ3) is 12.3. The van der Waals surface area contributed by atoms with Crippen LogP contribution in [0.25, 0.3) is 179 Å². The quantitative estimate of drug-likeness (QED) is 0.137. The summed E-state index contributed by atoms with van der Waals surface area (Å²) < 4.78 is 0. The second-order valence-corrected chi connectivity index (χ2v) is 32.0. The lowest BCUT2D eigenvalue weighted by Crippen LogP contribution is -2.29. The molecule has 4 aliphatic rings. The van der Waals surface area contributed by atoms with Crippen LogP contribution in [0.5, 0.6) is 0 Å². The molecule has 4 nitrogen and oxygen atoms in total. The van der Waals surface area contributed by atoms with Crippen LogP contribution in [0.2, 0.25) is 0 Å². The third-order valence-electron chi connectivity index (χ3n) is 25.6. The lowest BCUT2D eigenvalue weighted by Gasteiger charge is -2.35. The molecule has 2 spiro atoms. The van der Waals surface area contributed by atoms with Gasteiger partial charge < -0.3 is 0 Å². The zero-order valence-corrected chi connectivity index (χ0v) is 66.7.